The van der Waals surface area contributed by atoms with Crippen molar-refractivity contribution < 1.29 is 18.3 Å². The number of hydrogen-bond acceptors (Lipinski definition) is 1. The number of rotatable bonds is 2. The number of hydrogen-bond donors (Lipinski definition) is 1. The SMILES string of the molecule is O[C@@H](/C=C/c1ccc2ccccc2c1)C(F)(F)F. The molecule has 0 aliphatic heterocycles. The molecule has 0 bridgehead atoms. The van der Waals surface area contributed by atoms with E-state index in [0.29, 0.717) is 5.56 Å². The zero-order chi connectivity index (χ0) is 13.2. The third-order valence-corrected chi connectivity index (χ3v) is 2.58. The van der Waals surface area contributed by atoms with Crippen LogP contribution in [0.3, 0.4) is 0 Å². The number of fused-ring (bicyclic) bond motifs is 1. The second-order valence-electron chi connectivity index (χ2n) is 3.95. The van der Waals surface area contributed by atoms with Gasteiger partial charge in [-0.05, 0) is 28.5 Å². The number of aliphatic hydroxyl groups is 1. The third-order valence-electron chi connectivity index (χ3n) is 2.58. The van der Waals surface area contributed by atoms with Crippen molar-refractivity contribution in [2.24, 2.45) is 0 Å². The van der Waals surface area contributed by atoms with Crippen molar-refractivity contribution in [1.29, 1.82) is 0 Å². The summed E-state index contributed by atoms with van der Waals surface area (Å²) in [4.78, 5) is 0. The molecule has 0 saturated heterocycles. The van der Waals surface area contributed by atoms with Crippen LogP contribution < -0.4 is 0 Å². The van der Waals surface area contributed by atoms with Crippen LogP contribution in [0.25, 0.3) is 16.8 Å². The van der Waals surface area contributed by atoms with Crippen LogP contribution in [0.2, 0.25) is 0 Å². The van der Waals surface area contributed by atoms with Crippen molar-refractivity contribution in [3.05, 3.63) is 54.1 Å². The maximum absolute atomic E-state index is 12.1. The normalized spacial score (nSPS) is 14.2. The van der Waals surface area contributed by atoms with E-state index in [1.807, 2.05) is 30.3 Å². The molecule has 0 aliphatic carbocycles. The Morgan fingerprint density at radius 1 is 1.00 bits per heavy atom. The van der Waals surface area contributed by atoms with Gasteiger partial charge in [-0.2, -0.15) is 13.2 Å². The molecule has 4 heteroatoms. The van der Waals surface area contributed by atoms with Gasteiger partial charge in [0.2, 0.25) is 0 Å². The lowest BCUT2D eigenvalue weighted by Crippen LogP contribution is -2.25. The molecule has 0 heterocycles. The molecule has 0 fully saturated rings. The van der Waals surface area contributed by atoms with Crippen molar-refractivity contribution in [3.63, 3.8) is 0 Å². The van der Waals surface area contributed by atoms with Gasteiger partial charge in [-0.15, -0.1) is 0 Å². The molecule has 0 saturated carbocycles. The monoisotopic (exact) mass is 252 g/mol. The van der Waals surface area contributed by atoms with Crippen LogP contribution in [-0.2, 0) is 0 Å². The van der Waals surface area contributed by atoms with E-state index in [2.05, 4.69) is 0 Å². The van der Waals surface area contributed by atoms with Gasteiger partial charge in [0.25, 0.3) is 0 Å². The highest BCUT2D eigenvalue weighted by molar-refractivity contribution is 5.84. The summed E-state index contributed by atoms with van der Waals surface area (Å²) in [6.07, 6.45) is -5.04. The molecule has 2 rings (SSSR count). The summed E-state index contributed by atoms with van der Waals surface area (Å²) >= 11 is 0. The molecular formula is C14H11F3O. The number of aliphatic hydroxyl groups excluding tert-OH is 1. The fourth-order valence-electron chi connectivity index (χ4n) is 1.62. The molecule has 18 heavy (non-hydrogen) atoms. The van der Waals surface area contributed by atoms with Crippen LogP contribution in [-0.4, -0.2) is 17.4 Å². The molecule has 0 aliphatic rings. The van der Waals surface area contributed by atoms with Crippen LogP contribution in [0, 0.1) is 0 Å². The number of halogens is 3. The standard InChI is InChI=1S/C14H11F3O/c15-14(16,17)13(18)8-6-10-5-7-11-3-1-2-4-12(11)9-10/h1-9,13,18H/b8-6+/t13-/m0/s1. The summed E-state index contributed by atoms with van der Waals surface area (Å²) in [6, 6.07) is 12.9. The van der Waals surface area contributed by atoms with Crippen LogP contribution in [0.4, 0.5) is 13.2 Å². The zero-order valence-electron chi connectivity index (χ0n) is 9.35. The van der Waals surface area contributed by atoms with E-state index >= 15 is 0 Å². The molecular weight excluding hydrogens is 241 g/mol. The highest BCUT2D eigenvalue weighted by Crippen LogP contribution is 2.22. The molecule has 2 aromatic rings. The highest BCUT2D eigenvalue weighted by atomic mass is 19.4. The van der Waals surface area contributed by atoms with E-state index < -0.39 is 12.3 Å². The van der Waals surface area contributed by atoms with Gasteiger partial charge in [0.1, 0.15) is 0 Å². The van der Waals surface area contributed by atoms with E-state index in [1.54, 1.807) is 12.1 Å². The Balaban J connectivity index is 2.25. The van der Waals surface area contributed by atoms with E-state index in [1.165, 1.54) is 6.08 Å². The largest absolute Gasteiger partial charge is 0.417 e. The van der Waals surface area contributed by atoms with Crippen molar-refractivity contribution >= 4 is 16.8 Å². The Hall–Kier alpha value is -1.81. The van der Waals surface area contributed by atoms with Gasteiger partial charge < -0.3 is 5.11 Å². The molecule has 0 radical (unpaired) electrons. The molecule has 1 atom stereocenters. The highest BCUT2D eigenvalue weighted by Gasteiger charge is 2.36. The van der Waals surface area contributed by atoms with Crippen LogP contribution in [0.1, 0.15) is 5.56 Å². The zero-order valence-corrected chi connectivity index (χ0v) is 9.35. The summed E-state index contributed by atoms with van der Waals surface area (Å²) in [5, 5.41) is 10.8. The number of benzene rings is 2. The van der Waals surface area contributed by atoms with Crippen LogP contribution in [0.5, 0.6) is 0 Å². The summed E-state index contributed by atoms with van der Waals surface area (Å²) in [5.74, 6) is 0. The molecule has 0 spiro atoms. The van der Waals surface area contributed by atoms with Gasteiger partial charge in [-0.1, -0.05) is 42.5 Å². The molecule has 1 nitrogen and oxygen atoms in total. The number of alkyl halides is 3. The van der Waals surface area contributed by atoms with Crippen molar-refractivity contribution in [2.45, 2.75) is 12.3 Å². The molecule has 0 unspecified atom stereocenters. The summed E-state index contributed by atoms with van der Waals surface area (Å²) < 4.78 is 36.3. The molecule has 0 amide bonds. The maximum atomic E-state index is 12.1. The van der Waals surface area contributed by atoms with E-state index in [0.717, 1.165) is 16.8 Å². The first-order valence-corrected chi connectivity index (χ1v) is 5.38. The predicted octanol–water partition coefficient (Wildman–Crippen LogP) is 3.78. The van der Waals surface area contributed by atoms with Crippen molar-refractivity contribution in [2.75, 3.05) is 0 Å². The Bertz CT molecular complexity index is 573. The fourth-order valence-corrected chi connectivity index (χ4v) is 1.62. The van der Waals surface area contributed by atoms with E-state index in [9.17, 15) is 13.2 Å². The lowest BCUT2D eigenvalue weighted by Gasteiger charge is -2.09. The minimum atomic E-state index is -4.62. The minimum Gasteiger partial charge on any atom is -0.380 e. The second kappa shape index (κ2) is 4.82. The summed E-state index contributed by atoms with van der Waals surface area (Å²) in [7, 11) is 0. The minimum absolute atomic E-state index is 0.622. The van der Waals surface area contributed by atoms with Gasteiger partial charge in [0.05, 0.1) is 0 Å². The Labute approximate surface area is 102 Å². The van der Waals surface area contributed by atoms with Gasteiger partial charge in [0, 0.05) is 0 Å². The maximum Gasteiger partial charge on any atom is 0.417 e. The molecule has 94 valence electrons. The topological polar surface area (TPSA) is 20.2 Å². The summed E-state index contributed by atoms with van der Waals surface area (Å²) in [5.41, 5.74) is 0.622. The van der Waals surface area contributed by atoms with Gasteiger partial charge >= 0.3 is 6.18 Å². The fraction of sp³-hybridized carbons (Fsp3) is 0.143. The second-order valence-corrected chi connectivity index (χ2v) is 3.95. The first kappa shape index (κ1) is 12.6. The van der Waals surface area contributed by atoms with Crippen LogP contribution >= 0.6 is 0 Å². The molecule has 0 aromatic heterocycles. The Morgan fingerprint density at radius 3 is 2.33 bits per heavy atom. The first-order chi connectivity index (χ1) is 8.47. The lowest BCUT2D eigenvalue weighted by atomic mass is 10.1. The van der Waals surface area contributed by atoms with Crippen molar-refractivity contribution in [1.82, 2.24) is 0 Å². The van der Waals surface area contributed by atoms with Gasteiger partial charge in [-0.3, -0.25) is 0 Å². The smallest absolute Gasteiger partial charge is 0.380 e. The quantitative estimate of drug-likeness (QED) is 0.862. The van der Waals surface area contributed by atoms with Gasteiger partial charge in [0.15, 0.2) is 6.10 Å². The molecule has 1 N–H and O–H groups in total. The lowest BCUT2D eigenvalue weighted by molar-refractivity contribution is -0.187. The average molecular weight is 252 g/mol. The Kier molecular flexibility index (Phi) is 3.39. The third kappa shape index (κ3) is 2.90. The average Bonchev–Trinajstić information content (AvgIpc) is 2.34. The molecule has 2 aromatic carbocycles. The van der Waals surface area contributed by atoms with Crippen LogP contribution in [0.15, 0.2) is 48.5 Å². The van der Waals surface area contributed by atoms with E-state index in [-0.39, 0.29) is 0 Å². The Morgan fingerprint density at radius 2 is 1.67 bits per heavy atom. The van der Waals surface area contributed by atoms with E-state index in [4.69, 9.17) is 5.11 Å². The first-order valence-electron chi connectivity index (χ1n) is 5.38. The summed E-state index contributed by atoms with van der Waals surface area (Å²) in [6.45, 7) is 0. The van der Waals surface area contributed by atoms with Crippen molar-refractivity contribution in [3.8, 4) is 0 Å². The van der Waals surface area contributed by atoms with Gasteiger partial charge in [-0.25, -0.2) is 0 Å². The predicted molar refractivity (Wildman–Crippen MR) is 65.0 cm³/mol.